The molecule has 1 aliphatic carbocycles. The molecule has 23 heavy (non-hydrogen) atoms. The Labute approximate surface area is 140 Å². The number of nitrogens with zero attached hydrogens (tertiary/aromatic N) is 2. The molecular weight excluding hydrogens is 310 g/mol. The Morgan fingerprint density at radius 3 is 2.39 bits per heavy atom. The van der Waals surface area contributed by atoms with Crippen LogP contribution in [-0.4, -0.2) is 24.2 Å². The van der Waals surface area contributed by atoms with Crippen LogP contribution < -0.4 is 4.72 Å². The van der Waals surface area contributed by atoms with Crippen LogP contribution in [0.25, 0.3) is 0 Å². The van der Waals surface area contributed by atoms with Crippen LogP contribution in [0, 0.1) is 5.92 Å². The van der Waals surface area contributed by atoms with Gasteiger partial charge in [-0.25, -0.2) is 13.1 Å². The minimum Gasteiger partial charge on any atom is -0.269 e. The Kier molecular flexibility index (Phi) is 5.26. The van der Waals surface area contributed by atoms with Gasteiger partial charge in [0.2, 0.25) is 10.0 Å². The predicted octanol–water partition coefficient (Wildman–Crippen LogP) is 3.62. The quantitative estimate of drug-likeness (QED) is 0.910. The topological polar surface area (TPSA) is 64.0 Å². The van der Waals surface area contributed by atoms with Crippen LogP contribution >= 0.6 is 0 Å². The molecule has 6 heteroatoms. The minimum absolute atomic E-state index is 0.0315. The molecule has 0 bridgehead atoms. The molecule has 132 valence electrons. The first-order valence-electron chi connectivity index (χ1n) is 8.64. The SMILES string of the molecule is CC1CCCCC1NS(=O)(=O)c1cn(C(C)C)nc1C(C)(C)C. The molecule has 0 amide bonds. The lowest BCUT2D eigenvalue weighted by molar-refractivity contribution is 0.310. The third-order valence-electron chi connectivity index (χ3n) is 4.65. The summed E-state index contributed by atoms with van der Waals surface area (Å²) in [6.45, 7) is 12.2. The second-order valence-electron chi connectivity index (χ2n) is 8.16. The highest BCUT2D eigenvalue weighted by Gasteiger charge is 2.33. The van der Waals surface area contributed by atoms with Gasteiger partial charge in [0.05, 0.1) is 5.69 Å². The van der Waals surface area contributed by atoms with Gasteiger partial charge >= 0.3 is 0 Å². The summed E-state index contributed by atoms with van der Waals surface area (Å²) < 4.78 is 30.7. The highest BCUT2D eigenvalue weighted by molar-refractivity contribution is 7.89. The molecule has 1 aliphatic rings. The van der Waals surface area contributed by atoms with Gasteiger partial charge in [-0.2, -0.15) is 5.10 Å². The summed E-state index contributed by atoms with van der Waals surface area (Å²) in [7, 11) is -3.55. The fourth-order valence-corrected chi connectivity index (χ4v) is 4.83. The van der Waals surface area contributed by atoms with E-state index in [-0.39, 0.29) is 17.5 Å². The second-order valence-corrected chi connectivity index (χ2v) is 9.84. The number of hydrogen-bond acceptors (Lipinski definition) is 3. The van der Waals surface area contributed by atoms with Crippen LogP contribution in [0.2, 0.25) is 0 Å². The standard InChI is InChI=1S/C17H31N3O2S/c1-12(2)20-11-15(16(18-20)17(4,5)6)23(21,22)19-14-10-8-7-9-13(14)3/h11-14,19H,7-10H2,1-6H3. The van der Waals surface area contributed by atoms with Crippen molar-refractivity contribution >= 4 is 10.0 Å². The normalized spacial score (nSPS) is 23.4. The molecular formula is C17H31N3O2S. The van der Waals surface area contributed by atoms with Crippen molar-refractivity contribution in [1.29, 1.82) is 0 Å². The highest BCUT2D eigenvalue weighted by Crippen LogP contribution is 2.30. The minimum atomic E-state index is -3.55. The smallest absolute Gasteiger partial charge is 0.244 e. The van der Waals surface area contributed by atoms with Crippen molar-refractivity contribution in [3.8, 4) is 0 Å². The first kappa shape index (κ1) is 18.5. The molecule has 0 spiro atoms. The number of sulfonamides is 1. The van der Waals surface area contributed by atoms with Gasteiger partial charge in [0, 0.05) is 23.7 Å². The molecule has 2 unspecified atom stereocenters. The lowest BCUT2D eigenvalue weighted by Crippen LogP contribution is -2.41. The monoisotopic (exact) mass is 341 g/mol. The van der Waals surface area contributed by atoms with E-state index in [1.54, 1.807) is 10.9 Å². The molecule has 2 atom stereocenters. The van der Waals surface area contributed by atoms with E-state index in [1.165, 1.54) is 6.42 Å². The molecule has 0 aromatic carbocycles. The summed E-state index contributed by atoms with van der Waals surface area (Å²) in [5, 5.41) is 4.56. The van der Waals surface area contributed by atoms with E-state index >= 15 is 0 Å². The average molecular weight is 342 g/mol. The van der Waals surface area contributed by atoms with Crippen LogP contribution in [0.4, 0.5) is 0 Å². The van der Waals surface area contributed by atoms with Crippen LogP contribution in [0.5, 0.6) is 0 Å². The number of aromatic nitrogens is 2. The number of nitrogens with one attached hydrogen (secondary N) is 1. The van der Waals surface area contributed by atoms with Crippen molar-refractivity contribution in [2.45, 2.75) is 89.6 Å². The first-order chi connectivity index (χ1) is 10.5. The van der Waals surface area contributed by atoms with Gasteiger partial charge in [-0.15, -0.1) is 0 Å². The molecule has 1 aromatic rings. The maximum absolute atomic E-state index is 13.0. The molecule has 1 saturated carbocycles. The zero-order chi connectivity index (χ0) is 17.4. The van der Waals surface area contributed by atoms with E-state index in [2.05, 4.69) is 16.7 Å². The van der Waals surface area contributed by atoms with E-state index in [0.29, 0.717) is 16.5 Å². The van der Waals surface area contributed by atoms with E-state index in [0.717, 1.165) is 19.3 Å². The Balaban J connectivity index is 2.38. The van der Waals surface area contributed by atoms with E-state index in [4.69, 9.17) is 0 Å². The van der Waals surface area contributed by atoms with Gasteiger partial charge in [0.25, 0.3) is 0 Å². The Morgan fingerprint density at radius 1 is 1.26 bits per heavy atom. The number of rotatable bonds is 4. The fraction of sp³-hybridized carbons (Fsp3) is 0.824. The summed E-state index contributed by atoms with van der Waals surface area (Å²) in [4.78, 5) is 0.330. The highest BCUT2D eigenvalue weighted by atomic mass is 32.2. The maximum Gasteiger partial charge on any atom is 0.244 e. The molecule has 1 heterocycles. The predicted molar refractivity (Wildman–Crippen MR) is 93.1 cm³/mol. The van der Waals surface area contributed by atoms with Crippen molar-refractivity contribution in [3.63, 3.8) is 0 Å². The van der Waals surface area contributed by atoms with E-state index in [9.17, 15) is 8.42 Å². The van der Waals surface area contributed by atoms with Crippen molar-refractivity contribution in [2.24, 2.45) is 5.92 Å². The zero-order valence-electron chi connectivity index (χ0n) is 15.3. The average Bonchev–Trinajstić information content (AvgIpc) is 2.87. The largest absolute Gasteiger partial charge is 0.269 e. The van der Waals surface area contributed by atoms with Gasteiger partial charge in [-0.3, -0.25) is 4.68 Å². The van der Waals surface area contributed by atoms with Crippen LogP contribution in [0.15, 0.2) is 11.1 Å². The fourth-order valence-electron chi connectivity index (χ4n) is 3.11. The van der Waals surface area contributed by atoms with Gasteiger partial charge in [-0.05, 0) is 32.6 Å². The van der Waals surface area contributed by atoms with Crippen LogP contribution in [0.1, 0.15) is 79.0 Å². The molecule has 1 fully saturated rings. The molecule has 0 aliphatic heterocycles. The molecule has 1 aromatic heterocycles. The summed E-state index contributed by atoms with van der Waals surface area (Å²) >= 11 is 0. The van der Waals surface area contributed by atoms with E-state index in [1.807, 2.05) is 34.6 Å². The van der Waals surface area contributed by atoms with Crippen LogP contribution in [-0.2, 0) is 15.4 Å². The van der Waals surface area contributed by atoms with E-state index < -0.39 is 10.0 Å². The van der Waals surface area contributed by atoms with Crippen LogP contribution in [0.3, 0.4) is 0 Å². The number of hydrogen-bond donors (Lipinski definition) is 1. The summed E-state index contributed by atoms with van der Waals surface area (Å²) in [5.41, 5.74) is 0.324. The Hall–Kier alpha value is -0.880. The van der Waals surface area contributed by atoms with Gasteiger partial charge in [-0.1, -0.05) is 40.5 Å². The first-order valence-corrected chi connectivity index (χ1v) is 10.1. The Bertz CT molecular complexity index is 641. The maximum atomic E-state index is 13.0. The lowest BCUT2D eigenvalue weighted by atomic mass is 9.87. The van der Waals surface area contributed by atoms with Gasteiger partial charge in [0.1, 0.15) is 4.90 Å². The van der Waals surface area contributed by atoms with Crippen molar-refractivity contribution in [2.75, 3.05) is 0 Å². The lowest BCUT2D eigenvalue weighted by Gasteiger charge is -2.29. The molecule has 0 saturated heterocycles. The van der Waals surface area contributed by atoms with Crippen molar-refractivity contribution in [3.05, 3.63) is 11.9 Å². The third-order valence-corrected chi connectivity index (χ3v) is 6.14. The molecule has 1 N–H and O–H groups in total. The summed E-state index contributed by atoms with van der Waals surface area (Å²) in [6.07, 6.45) is 5.97. The third kappa shape index (κ3) is 4.15. The molecule has 0 radical (unpaired) electrons. The van der Waals surface area contributed by atoms with Gasteiger partial charge in [0.15, 0.2) is 0 Å². The van der Waals surface area contributed by atoms with Crippen molar-refractivity contribution in [1.82, 2.24) is 14.5 Å². The Morgan fingerprint density at radius 2 is 1.87 bits per heavy atom. The second kappa shape index (κ2) is 6.55. The summed E-state index contributed by atoms with van der Waals surface area (Å²) in [5.74, 6) is 0.386. The summed E-state index contributed by atoms with van der Waals surface area (Å²) in [6, 6.07) is 0.164. The van der Waals surface area contributed by atoms with Gasteiger partial charge < -0.3 is 0 Å². The molecule has 5 nitrogen and oxygen atoms in total. The molecule has 2 rings (SSSR count). The zero-order valence-corrected chi connectivity index (χ0v) is 16.1. The van der Waals surface area contributed by atoms with Crippen molar-refractivity contribution < 1.29 is 8.42 Å².